The second kappa shape index (κ2) is 7.29. The van der Waals surface area contributed by atoms with Crippen molar-refractivity contribution >= 4 is 22.6 Å². The van der Waals surface area contributed by atoms with Crippen molar-refractivity contribution in [3.63, 3.8) is 0 Å². The van der Waals surface area contributed by atoms with Crippen LogP contribution in [-0.4, -0.2) is 53.7 Å². The largest absolute Gasteiger partial charge is 0.396 e. The van der Waals surface area contributed by atoms with E-state index >= 15 is 0 Å². The third-order valence-electron chi connectivity index (χ3n) is 7.86. The molecule has 174 valence electrons. The van der Waals surface area contributed by atoms with E-state index in [1.54, 1.807) is 12.4 Å². The molecule has 2 N–H and O–H groups in total. The molecule has 0 unspecified atom stereocenters. The lowest BCUT2D eigenvalue weighted by atomic mass is 9.39. The molecule has 0 amide bonds. The van der Waals surface area contributed by atoms with Crippen LogP contribution in [0.4, 0.5) is 11.8 Å². The zero-order chi connectivity index (χ0) is 22.9. The summed E-state index contributed by atoms with van der Waals surface area (Å²) in [6.07, 6.45) is 8.04. The van der Waals surface area contributed by atoms with Crippen LogP contribution < -0.4 is 10.2 Å². The lowest BCUT2D eigenvalue weighted by Crippen LogP contribution is -2.72. The van der Waals surface area contributed by atoms with Crippen LogP contribution in [0.25, 0.3) is 11.4 Å². The molecule has 2 bridgehead atoms. The molecule has 0 radical (unpaired) electrons. The minimum atomic E-state index is -1.05. The van der Waals surface area contributed by atoms with E-state index in [4.69, 9.17) is 9.97 Å². The molecule has 1 aromatic carbocycles. The quantitative estimate of drug-likeness (QED) is 0.581. The molecule has 3 fully saturated rings. The van der Waals surface area contributed by atoms with Crippen LogP contribution in [0, 0.1) is 5.41 Å². The number of benzene rings is 1. The molecule has 8 rings (SSSR count). The summed E-state index contributed by atoms with van der Waals surface area (Å²) in [5.41, 5.74) is 4.62. The zero-order valence-electron chi connectivity index (χ0n) is 18.8. The van der Waals surface area contributed by atoms with Crippen LogP contribution in [0.15, 0.2) is 41.6 Å². The smallest absolute Gasteiger partial charge is 0.227 e. The summed E-state index contributed by atoms with van der Waals surface area (Å²) in [7, 11) is -1.05. The molecule has 3 aliphatic carbocycles. The van der Waals surface area contributed by atoms with E-state index in [9.17, 15) is 9.32 Å². The van der Waals surface area contributed by atoms with Crippen molar-refractivity contribution in [2.75, 3.05) is 29.1 Å². The summed E-state index contributed by atoms with van der Waals surface area (Å²) in [5, 5.41) is 13.3. The fourth-order valence-corrected chi connectivity index (χ4v) is 7.58. The molecule has 3 saturated carbocycles. The van der Waals surface area contributed by atoms with Gasteiger partial charge >= 0.3 is 0 Å². The number of rotatable bonds is 5. The molecule has 34 heavy (non-hydrogen) atoms. The summed E-state index contributed by atoms with van der Waals surface area (Å²) >= 11 is 0. The van der Waals surface area contributed by atoms with Crippen LogP contribution in [0.1, 0.15) is 36.1 Å². The monoisotopic (exact) mass is 474 g/mol. The predicted octanol–water partition coefficient (Wildman–Crippen LogP) is 2.49. The van der Waals surface area contributed by atoms with Crippen molar-refractivity contribution in [3.05, 3.63) is 53.5 Å². The van der Waals surface area contributed by atoms with E-state index in [0.29, 0.717) is 11.7 Å². The minimum absolute atomic E-state index is 0.000673. The van der Waals surface area contributed by atoms with E-state index in [0.717, 1.165) is 73.0 Å². The van der Waals surface area contributed by atoms with Gasteiger partial charge in [0.15, 0.2) is 5.82 Å². The van der Waals surface area contributed by atoms with Crippen LogP contribution in [-0.2, 0) is 30.2 Å². The fourth-order valence-electron chi connectivity index (χ4n) is 6.27. The Morgan fingerprint density at radius 3 is 2.71 bits per heavy atom. The van der Waals surface area contributed by atoms with Gasteiger partial charge in [-0.1, -0.05) is 12.1 Å². The maximum Gasteiger partial charge on any atom is 0.227 e. The van der Waals surface area contributed by atoms with Crippen molar-refractivity contribution in [1.29, 1.82) is 0 Å². The van der Waals surface area contributed by atoms with Gasteiger partial charge in [0.1, 0.15) is 10.7 Å². The Hall–Kier alpha value is -2.91. The number of anilines is 2. The van der Waals surface area contributed by atoms with Gasteiger partial charge in [0.25, 0.3) is 0 Å². The van der Waals surface area contributed by atoms with Gasteiger partial charge in [-0.2, -0.15) is 4.98 Å². The van der Waals surface area contributed by atoms with Gasteiger partial charge in [0, 0.05) is 60.8 Å². The van der Waals surface area contributed by atoms with E-state index in [-0.39, 0.29) is 17.6 Å². The zero-order valence-corrected chi connectivity index (χ0v) is 19.6. The molecule has 3 aromatic rings. The second-order valence-electron chi connectivity index (χ2n) is 10.3. The van der Waals surface area contributed by atoms with E-state index in [1.807, 2.05) is 6.07 Å². The number of fused-ring (bicyclic) bond motifs is 2. The van der Waals surface area contributed by atoms with Gasteiger partial charge in [-0.25, -0.2) is 15.0 Å². The Balaban J connectivity index is 1.17. The molecule has 8 nitrogen and oxygen atoms in total. The highest BCUT2D eigenvalue weighted by Gasteiger charge is 2.67. The van der Waals surface area contributed by atoms with Crippen molar-refractivity contribution < 1.29 is 9.32 Å². The van der Waals surface area contributed by atoms with E-state index in [1.165, 1.54) is 11.1 Å². The van der Waals surface area contributed by atoms with E-state index < -0.39 is 10.8 Å². The molecule has 1 atom stereocenters. The van der Waals surface area contributed by atoms with Crippen LogP contribution in [0.5, 0.6) is 0 Å². The molecule has 0 saturated heterocycles. The van der Waals surface area contributed by atoms with E-state index in [2.05, 4.69) is 38.4 Å². The molecule has 2 aromatic heterocycles. The summed E-state index contributed by atoms with van der Waals surface area (Å²) < 4.78 is 12.7. The number of aliphatic hydroxyl groups excluding tert-OH is 1. The lowest BCUT2D eigenvalue weighted by Gasteiger charge is -2.70. The van der Waals surface area contributed by atoms with Crippen LogP contribution >= 0.6 is 0 Å². The number of nitrogens with one attached hydrogen (secondary N) is 1. The average molecular weight is 475 g/mol. The van der Waals surface area contributed by atoms with Crippen LogP contribution in [0.2, 0.25) is 0 Å². The number of aromatic nitrogens is 4. The van der Waals surface area contributed by atoms with Gasteiger partial charge in [-0.15, -0.1) is 0 Å². The Kier molecular flexibility index (Phi) is 4.39. The SMILES string of the molecule is O=[S@]1CCc2nc(N3CCc4cc(-c5ncccn5)ccc4C3)nc(NC34CC(CO)(C3)C4)c21. The molecule has 0 spiro atoms. The van der Waals surface area contributed by atoms with Crippen LogP contribution in [0.3, 0.4) is 0 Å². The molecule has 9 heteroatoms. The highest BCUT2D eigenvalue weighted by molar-refractivity contribution is 7.85. The first-order chi connectivity index (χ1) is 16.6. The number of aliphatic hydroxyl groups is 1. The van der Waals surface area contributed by atoms with Gasteiger partial charge in [-0.3, -0.25) is 4.21 Å². The number of nitrogens with zero attached hydrogens (tertiary/aromatic N) is 5. The molecular formula is C25H26N6O2S. The Bertz CT molecular complexity index is 1310. The molecular weight excluding hydrogens is 448 g/mol. The fraction of sp³-hybridized carbons (Fsp3) is 0.440. The molecule has 5 aliphatic rings. The van der Waals surface area contributed by atoms with Gasteiger partial charge in [-0.05, 0) is 48.9 Å². The number of hydrogen-bond donors (Lipinski definition) is 2. The summed E-state index contributed by atoms with van der Waals surface area (Å²) in [6.45, 7) is 1.82. The highest BCUT2D eigenvalue weighted by atomic mass is 32.2. The Morgan fingerprint density at radius 2 is 1.91 bits per heavy atom. The molecule has 2 aliphatic heterocycles. The first kappa shape index (κ1) is 20.5. The van der Waals surface area contributed by atoms with Crippen molar-refractivity contribution in [3.8, 4) is 11.4 Å². The summed E-state index contributed by atoms with van der Waals surface area (Å²) in [5.74, 6) is 2.81. The maximum absolute atomic E-state index is 12.7. The Labute approximate surface area is 200 Å². The van der Waals surface area contributed by atoms with Gasteiger partial charge in [0.2, 0.25) is 5.95 Å². The normalized spacial score (nSPS) is 28.5. The highest BCUT2D eigenvalue weighted by Crippen LogP contribution is 2.68. The number of aryl methyl sites for hydroxylation is 1. The first-order valence-corrected chi connectivity index (χ1v) is 13.2. The van der Waals surface area contributed by atoms with Gasteiger partial charge in [0.05, 0.1) is 16.5 Å². The van der Waals surface area contributed by atoms with Gasteiger partial charge < -0.3 is 15.3 Å². The topological polar surface area (TPSA) is 104 Å². The average Bonchev–Trinajstić information content (AvgIpc) is 3.21. The Morgan fingerprint density at radius 1 is 1.09 bits per heavy atom. The standard InChI is InChI=1S/C25H26N6O2S/c32-15-24-12-25(13-24,14-24)30-22-20-19(5-9-34(20)33)28-23(29-22)31-8-4-16-10-17(2-3-18(16)11-31)21-26-6-1-7-27-21/h1-3,6-7,10,32H,4-5,8-9,11-15H2,(H,28,29,30)/t24?,25?,34-/m0/s1. The summed E-state index contributed by atoms with van der Waals surface area (Å²) in [4.78, 5) is 21.6. The minimum Gasteiger partial charge on any atom is -0.396 e. The first-order valence-electron chi connectivity index (χ1n) is 11.9. The van der Waals surface area contributed by atoms with Crippen molar-refractivity contribution in [2.24, 2.45) is 5.41 Å². The van der Waals surface area contributed by atoms with Crippen molar-refractivity contribution in [2.45, 2.75) is 49.1 Å². The predicted molar refractivity (Wildman–Crippen MR) is 129 cm³/mol. The lowest BCUT2D eigenvalue weighted by molar-refractivity contribution is -0.146. The summed E-state index contributed by atoms with van der Waals surface area (Å²) in [6, 6.07) is 8.26. The number of hydrogen-bond acceptors (Lipinski definition) is 8. The second-order valence-corrected chi connectivity index (χ2v) is 11.8. The molecule has 4 heterocycles. The maximum atomic E-state index is 12.7. The van der Waals surface area contributed by atoms with Crippen molar-refractivity contribution in [1.82, 2.24) is 19.9 Å². The third kappa shape index (κ3) is 3.10. The third-order valence-corrected chi connectivity index (χ3v) is 9.32.